The van der Waals surface area contributed by atoms with Gasteiger partial charge in [0.25, 0.3) is 0 Å². The third kappa shape index (κ3) is 24.6. The molecule has 0 saturated carbocycles. The molecule has 0 heterocycles. The van der Waals surface area contributed by atoms with Crippen molar-refractivity contribution >= 4 is 27.6 Å². The van der Waals surface area contributed by atoms with Gasteiger partial charge in [0.15, 0.2) is 0 Å². The minimum atomic E-state index is -1.27. The molecule has 128 valence electrons. The van der Waals surface area contributed by atoms with Gasteiger partial charge in [0, 0.05) is 18.8 Å². The molecule has 6 heteroatoms. The number of hydrogen-bond acceptors (Lipinski definition) is 5. The van der Waals surface area contributed by atoms with Crippen LogP contribution in [0.15, 0.2) is 0 Å². The van der Waals surface area contributed by atoms with E-state index < -0.39 is 12.4 Å². The third-order valence-corrected chi connectivity index (χ3v) is 3.51. The zero-order valence-electron chi connectivity index (χ0n) is 14.4. The van der Waals surface area contributed by atoms with Gasteiger partial charge < -0.3 is 9.90 Å². The van der Waals surface area contributed by atoms with Crippen LogP contribution >= 0.6 is 0 Å². The maximum absolute atomic E-state index is 10.7. The number of hydrogen-bond donors (Lipinski definition) is 0. The summed E-state index contributed by atoms with van der Waals surface area (Å²) >= 11 is -0.189. The summed E-state index contributed by atoms with van der Waals surface area (Å²) in [5.74, 6) is -1.50. The molecule has 0 atom stereocenters. The van der Waals surface area contributed by atoms with Crippen LogP contribution in [0, 0.1) is 0 Å². The first kappa shape index (κ1) is 23.9. The second-order valence-corrected chi connectivity index (χ2v) is 5.95. The van der Waals surface area contributed by atoms with Gasteiger partial charge in [-0.2, -0.15) is 0 Å². The average molecular weight is 330 g/mol. The van der Waals surface area contributed by atoms with Crippen LogP contribution in [-0.4, -0.2) is 40.9 Å². The van der Waals surface area contributed by atoms with Crippen LogP contribution in [0.3, 0.4) is 0 Å². The molecule has 0 spiro atoms. The van der Waals surface area contributed by atoms with E-state index in [0.29, 0.717) is 6.42 Å². The van der Waals surface area contributed by atoms with Crippen LogP contribution in [0.4, 0.5) is 0 Å². The van der Waals surface area contributed by atoms with E-state index in [0.717, 1.165) is 45.3 Å². The van der Waals surface area contributed by atoms with Crippen molar-refractivity contribution in [3.63, 3.8) is 0 Å². The fourth-order valence-corrected chi connectivity index (χ4v) is 2.04. The Hall–Kier alpha value is -0.408. The summed E-state index contributed by atoms with van der Waals surface area (Å²) < 4.78 is 10.6. The van der Waals surface area contributed by atoms with Crippen molar-refractivity contribution < 1.29 is 22.3 Å². The molecule has 0 N–H and O–H groups in total. The van der Waals surface area contributed by atoms with Crippen LogP contribution in [0.1, 0.15) is 78.6 Å². The van der Waals surface area contributed by atoms with Crippen molar-refractivity contribution in [3.8, 4) is 0 Å². The zero-order chi connectivity index (χ0) is 17.1. The van der Waals surface area contributed by atoms with Crippen molar-refractivity contribution in [2.75, 3.05) is 13.2 Å². The molecule has 0 amide bonds. The Labute approximate surface area is 142 Å². The second kappa shape index (κ2) is 20.6. The number of carbonyl (C=O) groups is 2. The number of ketones is 1. The normalized spacial score (nSPS) is 9.59. The van der Waals surface area contributed by atoms with Crippen LogP contribution in [0.2, 0.25) is 0 Å². The van der Waals surface area contributed by atoms with E-state index in [2.05, 4.69) is 13.8 Å². The van der Waals surface area contributed by atoms with Gasteiger partial charge in [-0.1, -0.05) is 19.8 Å². The van der Waals surface area contributed by atoms with E-state index in [1.54, 1.807) is 0 Å². The fourth-order valence-electron chi connectivity index (χ4n) is 1.42. The minimum absolute atomic E-state index is 0.189. The van der Waals surface area contributed by atoms with E-state index in [1.807, 2.05) is 6.92 Å². The van der Waals surface area contributed by atoms with Gasteiger partial charge >= 0.3 is 76.2 Å². The number of aliphatic carboxylic acids is 1. The van der Waals surface area contributed by atoms with Gasteiger partial charge in [0.05, 0.1) is 0 Å². The molecule has 0 aliphatic carbocycles. The molecule has 22 heavy (non-hydrogen) atoms. The van der Waals surface area contributed by atoms with E-state index in [4.69, 9.17) is 7.58 Å². The topological polar surface area (TPSA) is 75.7 Å². The van der Waals surface area contributed by atoms with Crippen molar-refractivity contribution in [2.45, 2.75) is 78.6 Å². The molecule has 0 aromatic heterocycles. The number of Topliss-reactive ketones (excluding diaryl/α,β-unsaturated/α-hetero) is 1. The van der Waals surface area contributed by atoms with E-state index in [9.17, 15) is 14.7 Å². The Kier molecular flexibility index (Phi) is 22.3. The monoisotopic (exact) mass is 330 g/mol. The Morgan fingerprint density at radius 2 is 1.36 bits per heavy atom. The quantitative estimate of drug-likeness (QED) is 0.278. The number of carbonyl (C=O) groups excluding carboxylic acids is 2. The van der Waals surface area contributed by atoms with Gasteiger partial charge in [-0.25, -0.2) is 0 Å². The number of carboxylic acid groups (broad SMARTS) is 1. The first-order valence-electron chi connectivity index (χ1n) is 8.34. The fraction of sp³-hybridized carbons (Fsp3) is 0.875. The van der Waals surface area contributed by atoms with Crippen LogP contribution in [0.5, 0.6) is 0 Å². The van der Waals surface area contributed by atoms with E-state index in [1.165, 1.54) is 12.8 Å². The average Bonchev–Trinajstić information content (AvgIpc) is 2.47. The van der Waals surface area contributed by atoms with Gasteiger partial charge in [-0.15, -0.1) is 0 Å². The summed E-state index contributed by atoms with van der Waals surface area (Å²) in [7, 11) is 0. The SMILES string of the molecule is CCCCCC(=O)CC(=O)[O-].CCCC[O][Al+][O]CCCC. The van der Waals surface area contributed by atoms with Gasteiger partial charge in [0.1, 0.15) is 5.78 Å². The summed E-state index contributed by atoms with van der Waals surface area (Å²) in [6.45, 7) is 8.10. The van der Waals surface area contributed by atoms with Gasteiger partial charge in [0.2, 0.25) is 0 Å². The summed E-state index contributed by atoms with van der Waals surface area (Å²) in [4.78, 5) is 20.6. The molecule has 0 saturated heterocycles. The molecule has 0 rings (SSSR count). The van der Waals surface area contributed by atoms with Crippen LogP contribution < -0.4 is 5.11 Å². The number of carboxylic acids is 1. The molecule has 0 aliphatic rings. The standard InChI is InChI=1S/C8H14O3.2C4H9O.Al/c1-2-3-4-5-7(9)6-8(10)11;2*1-2-3-4-5;/h2-6H2,1H3,(H,10,11);2*2-4H2,1H3;/q;2*-1;+3/p-1. The predicted molar refractivity (Wildman–Crippen MR) is 86.2 cm³/mol. The molecular formula is C16H31AlO5. The molecule has 0 bridgehead atoms. The van der Waals surface area contributed by atoms with Crippen molar-refractivity contribution in [2.24, 2.45) is 0 Å². The Morgan fingerprint density at radius 3 is 1.77 bits per heavy atom. The van der Waals surface area contributed by atoms with Gasteiger partial charge in [-0.3, -0.25) is 4.79 Å². The maximum atomic E-state index is 10.7. The summed E-state index contributed by atoms with van der Waals surface area (Å²) in [6.07, 6.45) is 7.49. The van der Waals surface area contributed by atoms with Crippen molar-refractivity contribution in [1.82, 2.24) is 0 Å². The molecule has 0 aliphatic heterocycles. The Morgan fingerprint density at radius 1 is 0.864 bits per heavy atom. The molecule has 0 fully saturated rings. The first-order chi connectivity index (χ1) is 10.6. The molecule has 0 aromatic carbocycles. The van der Waals surface area contributed by atoms with Crippen LogP contribution in [-0.2, 0) is 17.2 Å². The number of rotatable bonds is 14. The number of unbranched alkanes of at least 4 members (excludes halogenated alkanes) is 4. The molecule has 0 aromatic rings. The third-order valence-electron chi connectivity index (χ3n) is 2.77. The summed E-state index contributed by atoms with van der Waals surface area (Å²) in [5, 5.41) is 9.91. The Balaban J connectivity index is 0. The van der Waals surface area contributed by atoms with Crippen LogP contribution in [0.25, 0.3) is 0 Å². The summed E-state index contributed by atoms with van der Waals surface area (Å²) in [5.41, 5.74) is 0. The van der Waals surface area contributed by atoms with Gasteiger partial charge in [-0.05, 0) is 6.42 Å². The zero-order valence-corrected chi connectivity index (χ0v) is 15.6. The van der Waals surface area contributed by atoms with Crippen molar-refractivity contribution in [3.05, 3.63) is 0 Å². The van der Waals surface area contributed by atoms with E-state index in [-0.39, 0.29) is 21.7 Å². The molecular weight excluding hydrogens is 299 g/mol. The second-order valence-electron chi connectivity index (χ2n) is 5.09. The predicted octanol–water partition coefficient (Wildman–Crippen LogP) is 2.43. The molecule has 5 nitrogen and oxygen atoms in total. The molecule has 0 unspecified atom stereocenters. The van der Waals surface area contributed by atoms with E-state index >= 15 is 0 Å². The van der Waals surface area contributed by atoms with Crippen molar-refractivity contribution in [1.29, 1.82) is 0 Å². The molecule has 0 radical (unpaired) electrons. The Bertz CT molecular complexity index is 251. The summed E-state index contributed by atoms with van der Waals surface area (Å²) in [6, 6.07) is 0. The first-order valence-corrected chi connectivity index (χ1v) is 9.29.